The molecule has 0 saturated heterocycles. The van der Waals surface area contributed by atoms with Gasteiger partial charge in [0.25, 0.3) is 0 Å². The first-order valence-electron chi connectivity index (χ1n) is 19.8. The number of carbonyl (C=O) groups is 5. The van der Waals surface area contributed by atoms with Crippen LogP contribution < -0.4 is 9.47 Å². The predicted octanol–water partition coefficient (Wildman–Crippen LogP) is 8.25. The summed E-state index contributed by atoms with van der Waals surface area (Å²) in [6.45, 7) is 6.06. The van der Waals surface area contributed by atoms with Crippen molar-refractivity contribution in [2.45, 2.75) is 66.0 Å². The van der Waals surface area contributed by atoms with Gasteiger partial charge in [-0.3, -0.25) is 24.0 Å². The van der Waals surface area contributed by atoms with Gasteiger partial charge in [-0.05, 0) is 84.3 Å². The number of aliphatic carboxylic acids is 1. The van der Waals surface area contributed by atoms with Crippen LogP contribution in [-0.4, -0.2) is 64.5 Å². The van der Waals surface area contributed by atoms with Gasteiger partial charge >= 0.3 is 17.9 Å². The van der Waals surface area contributed by atoms with E-state index in [-0.39, 0.29) is 37.7 Å². The fourth-order valence-corrected chi connectivity index (χ4v) is 7.38. The molecule has 0 bridgehead atoms. The van der Waals surface area contributed by atoms with E-state index in [4.69, 9.17) is 18.9 Å². The largest absolute Gasteiger partial charge is 0.481 e. The maximum absolute atomic E-state index is 14.8. The van der Waals surface area contributed by atoms with Crippen molar-refractivity contribution in [1.29, 1.82) is 0 Å². The third-order valence-corrected chi connectivity index (χ3v) is 10.1. The lowest BCUT2D eigenvalue weighted by Gasteiger charge is -2.52. The van der Waals surface area contributed by atoms with E-state index in [1.807, 2.05) is 123 Å². The van der Waals surface area contributed by atoms with E-state index in [2.05, 4.69) is 0 Å². The Labute approximate surface area is 339 Å². The van der Waals surface area contributed by atoms with Crippen molar-refractivity contribution in [2.75, 3.05) is 19.9 Å². The molecule has 1 aliphatic carbocycles. The molecule has 58 heavy (non-hydrogen) atoms. The standard InChI is InChI=1S/C46H52N2O10/c1-4-25-47(29-32-17-21-36(22-18-32)57-34-13-9-7-10-14-34)45(53)43-38(27-40(49)50)39(28-42(52)56-31-55-41(51)6-3)44(43)46(54)48(26-5-2)30-33-19-23-37(24-20-33)58-35-15-11-8-12-16-35/h7-24,38-39,43-44H,4-6,25-31H2,1-3H3,(H,49,50). The zero-order chi connectivity index (χ0) is 41.4. The molecule has 2 amide bonds. The van der Waals surface area contributed by atoms with Crippen LogP contribution in [0.3, 0.4) is 0 Å². The average Bonchev–Trinajstić information content (AvgIpc) is 3.22. The van der Waals surface area contributed by atoms with Crippen LogP contribution in [0.25, 0.3) is 0 Å². The van der Waals surface area contributed by atoms with Crippen LogP contribution in [0.4, 0.5) is 0 Å². The highest BCUT2D eigenvalue weighted by Gasteiger charge is 2.59. The van der Waals surface area contributed by atoms with Crippen molar-refractivity contribution < 1.29 is 48.0 Å². The monoisotopic (exact) mass is 792 g/mol. The Bertz CT molecular complexity index is 1950. The molecule has 0 radical (unpaired) electrons. The first kappa shape index (κ1) is 43.0. The molecule has 12 heteroatoms. The van der Waals surface area contributed by atoms with E-state index in [0.717, 1.165) is 11.1 Å². The summed E-state index contributed by atoms with van der Waals surface area (Å²) in [5, 5.41) is 10.1. The Balaban J connectivity index is 1.40. The number of rotatable bonds is 21. The molecule has 4 aromatic rings. The number of carbonyl (C=O) groups excluding carboxylic acids is 4. The molecule has 12 nitrogen and oxygen atoms in total. The lowest BCUT2D eigenvalue weighted by molar-refractivity contribution is -0.179. The normalized spacial score (nSPS) is 16.9. The third-order valence-electron chi connectivity index (χ3n) is 10.1. The number of carboxylic acid groups (broad SMARTS) is 1. The Morgan fingerprint density at radius 3 is 1.33 bits per heavy atom. The van der Waals surface area contributed by atoms with E-state index in [1.54, 1.807) is 16.7 Å². The second-order valence-corrected chi connectivity index (χ2v) is 14.3. The van der Waals surface area contributed by atoms with Gasteiger partial charge in [0.15, 0.2) is 0 Å². The number of para-hydroxylation sites is 2. The minimum atomic E-state index is -1.15. The van der Waals surface area contributed by atoms with Gasteiger partial charge in [-0.25, -0.2) is 0 Å². The van der Waals surface area contributed by atoms with Crippen LogP contribution >= 0.6 is 0 Å². The predicted molar refractivity (Wildman–Crippen MR) is 216 cm³/mol. The Morgan fingerprint density at radius 1 is 0.534 bits per heavy atom. The Kier molecular flexibility index (Phi) is 15.8. The van der Waals surface area contributed by atoms with Gasteiger partial charge in [-0.1, -0.05) is 81.4 Å². The quantitative estimate of drug-likeness (QED) is 0.0646. The molecule has 0 spiro atoms. The molecule has 0 aromatic heterocycles. The van der Waals surface area contributed by atoms with E-state index < -0.39 is 54.8 Å². The van der Waals surface area contributed by atoms with Gasteiger partial charge in [0.1, 0.15) is 23.0 Å². The number of nitrogens with zero attached hydrogens (tertiary/aromatic N) is 2. The SMILES string of the molecule is CCCN(Cc1ccc(Oc2ccccc2)cc1)C(=O)C1C(CC(=O)O)C(CC(=O)OCOC(=O)CC)C1C(=O)N(CCC)Cc1ccc(Oc2ccccc2)cc1. The highest BCUT2D eigenvalue weighted by Crippen LogP contribution is 2.52. The van der Waals surface area contributed by atoms with Gasteiger partial charge in [-0.15, -0.1) is 0 Å². The van der Waals surface area contributed by atoms with Crippen LogP contribution in [0.1, 0.15) is 64.0 Å². The smallest absolute Gasteiger partial charge is 0.308 e. The van der Waals surface area contributed by atoms with Crippen molar-refractivity contribution in [2.24, 2.45) is 23.7 Å². The number of hydrogen-bond acceptors (Lipinski definition) is 9. The topological polar surface area (TPSA) is 149 Å². The lowest BCUT2D eigenvalue weighted by atomic mass is 9.53. The molecule has 4 aromatic carbocycles. The van der Waals surface area contributed by atoms with E-state index >= 15 is 0 Å². The number of esters is 2. The Hall–Kier alpha value is -6.17. The minimum absolute atomic E-state index is 0.0944. The summed E-state index contributed by atoms with van der Waals surface area (Å²) < 4.78 is 22.0. The molecule has 1 aliphatic rings. The first-order chi connectivity index (χ1) is 28.1. The van der Waals surface area contributed by atoms with Gasteiger partial charge in [0.2, 0.25) is 18.6 Å². The van der Waals surface area contributed by atoms with Crippen molar-refractivity contribution in [3.8, 4) is 23.0 Å². The van der Waals surface area contributed by atoms with Crippen LogP contribution in [-0.2, 0) is 46.5 Å². The highest BCUT2D eigenvalue weighted by molar-refractivity contribution is 5.91. The average molecular weight is 793 g/mol. The van der Waals surface area contributed by atoms with Crippen molar-refractivity contribution in [3.63, 3.8) is 0 Å². The van der Waals surface area contributed by atoms with Crippen molar-refractivity contribution >= 4 is 29.7 Å². The van der Waals surface area contributed by atoms with E-state index in [1.165, 1.54) is 0 Å². The van der Waals surface area contributed by atoms with Crippen LogP contribution in [0, 0.1) is 23.7 Å². The molecule has 4 unspecified atom stereocenters. The Morgan fingerprint density at radius 2 is 0.931 bits per heavy atom. The summed E-state index contributed by atoms with van der Waals surface area (Å²) in [6.07, 6.45) is 0.576. The lowest BCUT2D eigenvalue weighted by Crippen LogP contribution is -2.61. The van der Waals surface area contributed by atoms with Crippen LogP contribution in [0.2, 0.25) is 0 Å². The maximum atomic E-state index is 14.8. The number of ether oxygens (including phenoxy) is 4. The molecular weight excluding hydrogens is 741 g/mol. The second kappa shape index (κ2) is 21.4. The van der Waals surface area contributed by atoms with Crippen LogP contribution in [0.15, 0.2) is 109 Å². The number of amides is 2. The molecule has 0 aliphatic heterocycles. The van der Waals surface area contributed by atoms with E-state index in [0.29, 0.717) is 48.9 Å². The zero-order valence-electron chi connectivity index (χ0n) is 33.3. The third kappa shape index (κ3) is 11.9. The highest BCUT2D eigenvalue weighted by atomic mass is 16.7. The summed E-state index contributed by atoms with van der Waals surface area (Å²) in [4.78, 5) is 70.0. The number of benzene rings is 4. The number of carboxylic acids is 1. The van der Waals surface area contributed by atoms with Gasteiger partial charge in [0.05, 0.1) is 11.8 Å². The number of hydrogen-bond donors (Lipinski definition) is 1. The fraction of sp³-hybridized carbons (Fsp3) is 0.370. The molecule has 4 atom stereocenters. The summed E-state index contributed by atoms with van der Waals surface area (Å²) >= 11 is 0. The first-order valence-corrected chi connectivity index (χ1v) is 19.8. The summed E-state index contributed by atoms with van der Waals surface area (Å²) in [6, 6.07) is 33.5. The molecule has 1 N–H and O–H groups in total. The minimum Gasteiger partial charge on any atom is -0.481 e. The molecule has 5 rings (SSSR count). The summed E-state index contributed by atoms with van der Waals surface area (Å²) in [7, 11) is 0. The van der Waals surface area contributed by atoms with Crippen molar-refractivity contribution in [1.82, 2.24) is 9.80 Å². The van der Waals surface area contributed by atoms with Gasteiger partial charge < -0.3 is 33.9 Å². The van der Waals surface area contributed by atoms with E-state index in [9.17, 15) is 29.1 Å². The summed E-state index contributed by atoms with van der Waals surface area (Å²) in [5.41, 5.74) is 1.65. The molecular formula is C46H52N2O10. The van der Waals surface area contributed by atoms with Crippen LogP contribution in [0.5, 0.6) is 23.0 Å². The molecule has 0 heterocycles. The maximum Gasteiger partial charge on any atom is 0.308 e. The molecule has 1 fully saturated rings. The molecule has 1 saturated carbocycles. The fourth-order valence-electron chi connectivity index (χ4n) is 7.38. The van der Waals surface area contributed by atoms with Gasteiger partial charge in [-0.2, -0.15) is 0 Å². The zero-order valence-corrected chi connectivity index (χ0v) is 33.3. The van der Waals surface area contributed by atoms with Gasteiger partial charge in [0, 0.05) is 45.4 Å². The molecule has 306 valence electrons. The van der Waals surface area contributed by atoms with Crippen molar-refractivity contribution in [3.05, 3.63) is 120 Å². The summed E-state index contributed by atoms with van der Waals surface area (Å²) in [5.74, 6) is -4.18. The second-order valence-electron chi connectivity index (χ2n) is 14.3.